The number of thioether (sulfide) groups is 1. The van der Waals surface area contributed by atoms with Crippen LogP contribution in [0.1, 0.15) is 25.3 Å². The minimum Gasteiger partial charge on any atom is -0.495 e. The molecule has 0 aromatic heterocycles. The number of amides is 2. The first kappa shape index (κ1) is 30.8. The summed E-state index contributed by atoms with van der Waals surface area (Å²) in [5.74, 6) is 1.24. The number of carboxylic acid groups (broad SMARTS) is 1. The lowest BCUT2D eigenvalue weighted by molar-refractivity contribution is -0.149. The van der Waals surface area contributed by atoms with E-state index in [1.165, 1.54) is 4.90 Å². The molecule has 0 aliphatic rings. The number of urea groups is 1. The first-order valence-corrected chi connectivity index (χ1v) is 14.4. The van der Waals surface area contributed by atoms with Gasteiger partial charge in [0.1, 0.15) is 18.1 Å². The molecule has 0 radical (unpaired) electrons. The average molecular weight is 567 g/mol. The summed E-state index contributed by atoms with van der Waals surface area (Å²) in [5, 5.41) is 12.3. The van der Waals surface area contributed by atoms with Crippen molar-refractivity contribution in [2.24, 2.45) is 0 Å². The quantitative estimate of drug-likeness (QED) is 0.148. The Hall–Kier alpha value is -3.69. The maximum Gasteiger partial charge on any atom is 0.333 e. The Morgan fingerprint density at radius 1 is 0.950 bits per heavy atom. The summed E-state index contributed by atoms with van der Waals surface area (Å²) in [5.41, 5.74) is 1.46. The molecule has 0 saturated carbocycles. The third-order valence-corrected chi connectivity index (χ3v) is 7.19. The summed E-state index contributed by atoms with van der Waals surface area (Å²) in [6, 6.07) is 24.7. The van der Waals surface area contributed by atoms with Crippen LogP contribution in [0.3, 0.4) is 0 Å². The fraction of sp³-hybridized carbons (Fsp3) is 0.355. The van der Waals surface area contributed by atoms with E-state index in [-0.39, 0.29) is 12.5 Å². The van der Waals surface area contributed by atoms with Gasteiger partial charge in [-0.15, -0.1) is 11.8 Å². The van der Waals surface area contributed by atoms with E-state index >= 15 is 0 Å². The Morgan fingerprint density at radius 3 is 2.38 bits per heavy atom. The normalized spacial score (nSPS) is 11.4. The van der Waals surface area contributed by atoms with Crippen LogP contribution in [0.4, 0.5) is 10.5 Å². The van der Waals surface area contributed by atoms with E-state index in [4.69, 9.17) is 14.2 Å². The van der Waals surface area contributed by atoms with Gasteiger partial charge in [0.05, 0.1) is 19.3 Å². The number of ether oxygens (including phenoxy) is 3. The Kier molecular flexibility index (Phi) is 13.2. The number of benzene rings is 3. The minimum atomic E-state index is -0.979. The van der Waals surface area contributed by atoms with Crippen LogP contribution in [-0.2, 0) is 16.0 Å². The molecule has 40 heavy (non-hydrogen) atoms. The summed E-state index contributed by atoms with van der Waals surface area (Å²) in [7, 11) is 1.57. The number of carbonyl (C=O) groups is 2. The second-order valence-electron chi connectivity index (χ2n) is 8.96. The summed E-state index contributed by atoms with van der Waals surface area (Å²) in [4.78, 5) is 27.6. The third-order valence-electron chi connectivity index (χ3n) is 6.09. The van der Waals surface area contributed by atoms with Crippen LogP contribution in [-0.4, -0.2) is 67.3 Å². The van der Waals surface area contributed by atoms with Gasteiger partial charge in [0.15, 0.2) is 6.10 Å². The van der Waals surface area contributed by atoms with Crippen molar-refractivity contribution in [1.29, 1.82) is 0 Å². The molecule has 0 saturated heterocycles. The summed E-state index contributed by atoms with van der Waals surface area (Å²) < 4.78 is 16.6. The van der Waals surface area contributed by atoms with Crippen molar-refractivity contribution in [2.45, 2.75) is 37.2 Å². The Balaban J connectivity index is 1.54. The molecule has 0 aliphatic carbocycles. The molecular weight excluding hydrogens is 528 g/mol. The molecule has 0 aliphatic heterocycles. The molecule has 1 atom stereocenters. The third kappa shape index (κ3) is 10.5. The van der Waals surface area contributed by atoms with Crippen LogP contribution in [0.15, 0.2) is 83.8 Å². The van der Waals surface area contributed by atoms with Crippen molar-refractivity contribution in [3.05, 3.63) is 84.4 Å². The molecule has 0 fully saturated rings. The van der Waals surface area contributed by atoms with Gasteiger partial charge in [-0.3, -0.25) is 0 Å². The van der Waals surface area contributed by atoms with Crippen molar-refractivity contribution < 1.29 is 28.9 Å². The van der Waals surface area contributed by atoms with Crippen molar-refractivity contribution >= 4 is 29.4 Å². The van der Waals surface area contributed by atoms with E-state index in [1.54, 1.807) is 37.1 Å². The van der Waals surface area contributed by atoms with Crippen molar-refractivity contribution in [3.63, 3.8) is 0 Å². The van der Waals surface area contributed by atoms with Gasteiger partial charge in [-0.05, 0) is 67.5 Å². The first-order chi connectivity index (χ1) is 19.5. The maximum absolute atomic E-state index is 13.2. The number of methoxy groups -OCH3 is 1. The van der Waals surface area contributed by atoms with Gasteiger partial charge >= 0.3 is 12.0 Å². The van der Waals surface area contributed by atoms with E-state index in [2.05, 4.69) is 17.4 Å². The molecule has 2 N–H and O–H groups in total. The van der Waals surface area contributed by atoms with Crippen molar-refractivity contribution in [2.75, 3.05) is 44.5 Å². The monoisotopic (exact) mass is 566 g/mol. The predicted molar refractivity (Wildman–Crippen MR) is 159 cm³/mol. The van der Waals surface area contributed by atoms with Gasteiger partial charge < -0.3 is 29.5 Å². The predicted octanol–water partition coefficient (Wildman–Crippen LogP) is 6.21. The van der Waals surface area contributed by atoms with E-state index in [1.807, 2.05) is 60.3 Å². The highest BCUT2D eigenvalue weighted by molar-refractivity contribution is 7.99. The number of hydrogen-bond acceptors (Lipinski definition) is 6. The van der Waals surface area contributed by atoms with Gasteiger partial charge in [0.2, 0.25) is 0 Å². The minimum absolute atomic E-state index is 0.213. The van der Waals surface area contributed by atoms with Crippen LogP contribution in [0, 0.1) is 0 Å². The van der Waals surface area contributed by atoms with Crippen molar-refractivity contribution in [1.82, 2.24) is 4.90 Å². The van der Waals surface area contributed by atoms with E-state index < -0.39 is 12.1 Å². The number of anilines is 1. The van der Waals surface area contributed by atoms with Crippen LogP contribution >= 0.6 is 11.8 Å². The van der Waals surface area contributed by atoms with E-state index in [0.717, 1.165) is 24.2 Å². The smallest absolute Gasteiger partial charge is 0.333 e. The number of nitrogens with zero attached hydrogens (tertiary/aromatic N) is 1. The molecule has 214 valence electrons. The van der Waals surface area contributed by atoms with Gasteiger partial charge in [0.25, 0.3) is 0 Å². The van der Waals surface area contributed by atoms with Gasteiger partial charge in [-0.25, -0.2) is 9.59 Å². The molecule has 0 heterocycles. The average Bonchev–Trinajstić information content (AvgIpc) is 2.97. The molecule has 9 heteroatoms. The lowest BCUT2D eigenvalue weighted by Crippen LogP contribution is -2.38. The standard InChI is InChI=1S/C31H38N2O6S/c1-3-38-29(30(34)35)23-24-15-17-25(18-16-24)39-21-20-33(19-9-10-22-40-26-11-5-4-6-12-26)31(36)32-27-13-7-8-14-28(27)37-2/h4-8,11-18,29H,3,9-10,19-23H2,1-2H3,(H,32,36)(H,34,35). The topological polar surface area (TPSA) is 97.3 Å². The highest BCUT2D eigenvalue weighted by Gasteiger charge is 2.18. The van der Waals surface area contributed by atoms with Crippen LogP contribution < -0.4 is 14.8 Å². The largest absolute Gasteiger partial charge is 0.495 e. The highest BCUT2D eigenvalue weighted by Crippen LogP contribution is 2.24. The first-order valence-electron chi connectivity index (χ1n) is 13.4. The molecule has 2 amide bonds. The molecular formula is C31H38N2O6S. The maximum atomic E-state index is 13.2. The second kappa shape index (κ2) is 17.1. The van der Waals surface area contributed by atoms with Gasteiger partial charge in [-0.1, -0.05) is 42.5 Å². The molecule has 0 bridgehead atoms. The number of hydrogen-bond donors (Lipinski definition) is 2. The number of para-hydroxylation sites is 2. The number of aliphatic carboxylic acids is 1. The Labute approximate surface area is 240 Å². The van der Waals surface area contributed by atoms with E-state index in [0.29, 0.717) is 43.5 Å². The van der Waals surface area contributed by atoms with Gasteiger partial charge in [0, 0.05) is 24.5 Å². The summed E-state index contributed by atoms with van der Waals surface area (Å²) in [6.45, 7) is 3.42. The zero-order chi connectivity index (χ0) is 28.6. The zero-order valence-electron chi connectivity index (χ0n) is 23.1. The molecule has 3 aromatic carbocycles. The summed E-state index contributed by atoms with van der Waals surface area (Å²) >= 11 is 1.81. The van der Waals surface area contributed by atoms with Crippen molar-refractivity contribution in [3.8, 4) is 11.5 Å². The zero-order valence-corrected chi connectivity index (χ0v) is 23.9. The number of unbranched alkanes of at least 4 members (excludes halogenated alkanes) is 1. The molecule has 0 spiro atoms. The number of carboxylic acids is 1. The lowest BCUT2D eigenvalue weighted by atomic mass is 10.1. The highest BCUT2D eigenvalue weighted by atomic mass is 32.2. The van der Waals surface area contributed by atoms with Gasteiger partial charge in [-0.2, -0.15) is 0 Å². The molecule has 1 unspecified atom stereocenters. The summed E-state index contributed by atoms with van der Waals surface area (Å²) in [6.07, 6.45) is 1.24. The molecule has 3 aromatic rings. The molecule has 8 nitrogen and oxygen atoms in total. The molecule has 3 rings (SSSR count). The number of rotatable bonds is 17. The number of carbonyl (C=O) groups excluding carboxylic acids is 1. The Morgan fingerprint density at radius 2 is 1.68 bits per heavy atom. The van der Waals surface area contributed by atoms with Crippen LogP contribution in [0.2, 0.25) is 0 Å². The SMILES string of the molecule is CCOC(Cc1ccc(OCCN(CCCCSc2ccccc2)C(=O)Nc2ccccc2OC)cc1)C(=O)O. The second-order valence-corrected chi connectivity index (χ2v) is 10.1. The fourth-order valence-electron chi connectivity index (χ4n) is 4.00. The van der Waals surface area contributed by atoms with Crippen LogP contribution in [0.5, 0.6) is 11.5 Å². The van der Waals surface area contributed by atoms with E-state index in [9.17, 15) is 14.7 Å². The van der Waals surface area contributed by atoms with Crippen LogP contribution in [0.25, 0.3) is 0 Å². The Bertz CT molecular complexity index is 1180. The lowest BCUT2D eigenvalue weighted by Gasteiger charge is -2.24. The number of nitrogens with one attached hydrogen (secondary N) is 1. The fourth-order valence-corrected chi connectivity index (χ4v) is 4.93.